The van der Waals surface area contributed by atoms with Crippen molar-refractivity contribution in [2.45, 2.75) is 57.3 Å². The fourth-order valence-corrected chi connectivity index (χ4v) is 4.55. The molecule has 2 atom stereocenters. The first kappa shape index (κ1) is 23.7. The third-order valence-electron chi connectivity index (χ3n) is 6.56. The molecule has 2 amide bonds. The Morgan fingerprint density at radius 1 is 1.21 bits per heavy atom. The Morgan fingerprint density at radius 3 is 2.47 bits per heavy atom. The molecule has 7 nitrogen and oxygen atoms in total. The third kappa shape index (κ3) is 4.60. The first-order valence-electron chi connectivity index (χ1n) is 11.6. The minimum absolute atomic E-state index is 0.00827. The van der Waals surface area contributed by atoms with E-state index in [0.29, 0.717) is 24.2 Å². The number of aromatic nitrogens is 1. The number of likely N-dealkylation sites (tertiary alicyclic amines) is 2. The van der Waals surface area contributed by atoms with Crippen molar-refractivity contribution in [1.82, 2.24) is 14.8 Å². The topological polar surface area (TPSA) is 80.5 Å². The zero-order valence-corrected chi connectivity index (χ0v) is 19.8. The minimum atomic E-state index is -1.06. The Bertz CT molecular complexity index is 1070. The average molecular weight is 464 g/mol. The van der Waals surface area contributed by atoms with Crippen LogP contribution in [-0.4, -0.2) is 58.4 Å². The molecule has 2 fully saturated rings. The van der Waals surface area contributed by atoms with Crippen molar-refractivity contribution in [2.24, 2.45) is 0 Å². The van der Waals surface area contributed by atoms with Crippen LogP contribution >= 0.6 is 0 Å². The molecule has 178 valence electrons. The molecule has 34 heavy (non-hydrogen) atoms. The van der Waals surface area contributed by atoms with Gasteiger partial charge < -0.3 is 4.90 Å². The van der Waals surface area contributed by atoms with Gasteiger partial charge >= 0.3 is 0 Å². The van der Waals surface area contributed by atoms with Crippen molar-refractivity contribution >= 4 is 17.5 Å². The van der Waals surface area contributed by atoms with Gasteiger partial charge in [-0.25, -0.2) is 4.39 Å². The van der Waals surface area contributed by atoms with Crippen molar-refractivity contribution < 1.29 is 14.0 Å². The number of nitrogens with zero attached hydrogens (tertiary/aromatic N) is 5. The second-order valence-electron chi connectivity index (χ2n) is 9.99. The number of halogens is 1. The van der Waals surface area contributed by atoms with Crippen LogP contribution in [0.3, 0.4) is 0 Å². The van der Waals surface area contributed by atoms with E-state index >= 15 is 0 Å². The van der Waals surface area contributed by atoms with E-state index in [1.54, 1.807) is 24.5 Å². The summed E-state index contributed by atoms with van der Waals surface area (Å²) in [4.78, 5) is 36.2. The van der Waals surface area contributed by atoms with E-state index in [1.807, 2.05) is 24.3 Å². The summed E-state index contributed by atoms with van der Waals surface area (Å²) in [6.45, 7) is 6.84. The quantitative estimate of drug-likeness (QED) is 0.633. The predicted molar refractivity (Wildman–Crippen MR) is 126 cm³/mol. The molecule has 0 bridgehead atoms. The van der Waals surface area contributed by atoms with Crippen LogP contribution in [0, 0.1) is 11.5 Å². The monoisotopic (exact) mass is 463 g/mol. The lowest BCUT2D eigenvalue weighted by Gasteiger charge is -2.41. The van der Waals surface area contributed by atoms with Gasteiger partial charge in [-0.2, -0.15) is 5.26 Å². The number of hydrogen-bond donors (Lipinski definition) is 0. The first-order chi connectivity index (χ1) is 16.2. The van der Waals surface area contributed by atoms with E-state index in [0.717, 1.165) is 12.0 Å². The molecule has 4 rings (SSSR count). The standard InChI is InChI=1S/C26H30FN5O2/c1-26(2,3)19-8-10-21(11-9-19)32(24(33)22-7-5-13-30(22)17-28)23(18-6-4-12-29-14-18)25(34)31-15-20(27)16-31/h4,6,8-12,14,20,22-23H,5,7,13,15-16H2,1-3H3. The number of nitriles is 1. The summed E-state index contributed by atoms with van der Waals surface area (Å²) >= 11 is 0. The number of carbonyl (C=O) groups is 2. The zero-order chi connectivity index (χ0) is 24.5. The summed E-state index contributed by atoms with van der Waals surface area (Å²) in [6.07, 6.45) is 5.49. The van der Waals surface area contributed by atoms with Gasteiger partial charge in [-0.3, -0.25) is 24.4 Å². The summed E-state index contributed by atoms with van der Waals surface area (Å²) in [6, 6.07) is 9.41. The molecule has 0 radical (unpaired) electrons. The first-order valence-corrected chi connectivity index (χ1v) is 11.6. The molecule has 2 aromatic rings. The fourth-order valence-electron chi connectivity index (χ4n) is 4.55. The van der Waals surface area contributed by atoms with Gasteiger partial charge in [-0.05, 0) is 42.0 Å². The van der Waals surface area contributed by atoms with Crippen molar-refractivity contribution in [1.29, 1.82) is 5.26 Å². The van der Waals surface area contributed by atoms with Crippen molar-refractivity contribution in [2.75, 3.05) is 24.5 Å². The second kappa shape index (κ2) is 9.41. The molecule has 0 aliphatic carbocycles. The van der Waals surface area contributed by atoms with Gasteiger partial charge in [0.1, 0.15) is 18.3 Å². The zero-order valence-electron chi connectivity index (χ0n) is 19.8. The Labute approximate surface area is 199 Å². The van der Waals surface area contributed by atoms with E-state index in [4.69, 9.17) is 0 Å². The third-order valence-corrected chi connectivity index (χ3v) is 6.56. The van der Waals surface area contributed by atoms with Crippen LogP contribution in [-0.2, 0) is 15.0 Å². The number of amides is 2. The highest BCUT2D eigenvalue weighted by Crippen LogP contribution is 2.34. The van der Waals surface area contributed by atoms with Gasteiger partial charge in [0, 0.05) is 30.2 Å². The van der Waals surface area contributed by atoms with E-state index in [1.165, 1.54) is 14.7 Å². The van der Waals surface area contributed by atoms with E-state index in [-0.39, 0.29) is 30.3 Å². The number of hydrogen-bond acceptors (Lipinski definition) is 5. The largest absolute Gasteiger partial charge is 0.335 e. The smallest absolute Gasteiger partial charge is 0.251 e. The Kier molecular flexibility index (Phi) is 6.56. The number of benzene rings is 1. The Morgan fingerprint density at radius 2 is 1.91 bits per heavy atom. The van der Waals surface area contributed by atoms with Crippen LogP contribution in [0.2, 0.25) is 0 Å². The highest BCUT2D eigenvalue weighted by atomic mass is 19.1. The second-order valence-corrected chi connectivity index (χ2v) is 9.99. The highest BCUT2D eigenvalue weighted by Gasteiger charge is 2.43. The molecule has 3 heterocycles. The van der Waals surface area contributed by atoms with Crippen LogP contribution in [0.1, 0.15) is 50.8 Å². The van der Waals surface area contributed by atoms with E-state index < -0.39 is 18.3 Å². The molecule has 2 aliphatic heterocycles. The molecular formula is C26H30FN5O2. The number of carbonyl (C=O) groups excluding carboxylic acids is 2. The lowest BCUT2D eigenvalue weighted by atomic mass is 9.87. The predicted octanol–water partition coefficient (Wildman–Crippen LogP) is 3.58. The SMILES string of the molecule is CC(C)(C)c1ccc(N(C(=O)C2CCCN2C#N)C(C(=O)N2CC(F)C2)c2cccnc2)cc1. The molecule has 2 saturated heterocycles. The van der Waals surface area contributed by atoms with E-state index in [9.17, 15) is 19.2 Å². The Hall–Kier alpha value is -3.47. The van der Waals surface area contributed by atoms with Crippen LogP contribution in [0.4, 0.5) is 10.1 Å². The molecule has 0 spiro atoms. The van der Waals surface area contributed by atoms with Gasteiger partial charge in [0.15, 0.2) is 6.19 Å². The van der Waals surface area contributed by atoms with Crippen LogP contribution in [0.5, 0.6) is 0 Å². The van der Waals surface area contributed by atoms with Crippen molar-refractivity contribution in [3.8, 4) is 6.19 Å². The van der Waals surface area contributed by atoms with Gasteiger partial charge in [0.25, 0.3) is 11.8 Å². The maximum absolute atomic E-state index is 14.0. The number of alkyl halides is 1. The van der Waals surface area contributed by atoms with Gasteiger partial charge in [-0.1, -0.05) is 39.0 Å². The van der Waals surface area contributed by atoms with Gasteiger partial charge in [-0.15, -0.1) is 0 Å². The van der Waals surface area contributed by atoms with Crippen LogP contribution in [0.15, 0.2) is 48.8 Å². The maximum atomic E-state index is 14.0. The van der Waals surface area contributed by atoms with E-state index in [2.05, 4.69) is 31.9 Å². The number of anilines is 1. The van der Waals surface area contributed by atoms with Gasteiger partial charge in [0.05, 0.1) is 13.1 Å². The van der Waals surface area contributed by atoms with Crippen LogP contribution in [0.25, 0.3) is 0 Å². The average Bonchev–Trinajstić information content (AvgIpc) is 3.29. The minimum Gasteiger partial charge on any atom is -0.335 e. The molecule has 2 unspecified atom stereocenters. The van der Waals surface area contributed by atoms with Crippen molar-refractivity contribution in [3.05, 3.63) is 59.9 Å². The molecule has 8 heteroatoms. The molecule has 1 aromatic heterocycles. The lowest BCUT2D eigenvalue weighted by molar-refractivity contribution is -0.141. The number of pyridine rings is 1. The molecule has 2 aliphatic rings. The van der Waals surface area contributed by atoms with Crippen LogP contribution < -0.4 is 4.90 Å². The molecule has 0 saturated carbocycles. The summed E-state index contributed by atoms with van der Waals surface area (Å²) in [5.74, 6) is -0.668. The summed E-state index contributed by atoms with van der Waals surface area (Å²) < 4.78 is 13.6. The lowest BCUT2D eigenvalue weighted by Crippen LogP contribution is -2.57. The summed E-state index contributed by atoms with van der Waals surface area (Å²) in [7, 11) is 0. The fraction of sp³-hybridized carbons (Fsp3) is 0.462. The van der Waals surface area contributed by atoms with Crippen molar-refractivity contribution in [3.63, 3.8) is 0 Å². The Balaban J connectivity index is 1.81. The summed E-state index contributed by atoms with van der Waals surface area (Å²) in [5, 5.41) is 9.57. The molecular weight excluding hydrogens is 433 g/mol. The number of rotatable bonds is 5. The highest BCUT2D eigenvalue weighted by molar-refractivity contribution is 6.04. The maximum Gasteiger partial charge on any atom is 0.251 e. The molecule has 1 aromatic carbocycles. The summed E-state index contributed by atoms with van der Waals surface area (Å²) in [5.41, 5.74) is 2.12. The normalized spacial score (nSPS) is 19.3. The molecule has 0 N–H and O–H groups in total. The van der Waals surface area contributed by atoms with Gasteiger partial charge in [0.2, 0.25) is 0 Å².